The van der Waals surface area contributed by atoms with Gasteiger partial charge in [0, 0.05) is 11.6 Å². The Morgan fingerprint density at radius 1 is 1.04 bits per heavy atom. The topological polar surface area (TPSA) is 27.7 Å². The lowest BCUT2D eigenvalue weighted by Crippen LogP contribution is -2.48. The van der Waals surface area contributed by atoms with Crippen LogP contribution in [0.5, 0.6) is 5.75 Å². The minimum Gasteiger partial charge on any atom is -0.468 e. The summed E-state index contributed by atoms with van der Waals surface area (Å²) < 4.78 is 17.5. The average molecular weight is 395 g/mol. The van der Waals surface area contributed by atoms with Crippen LogP contribution in [-0.4, -0.2) is 27.1 Å². The summed E-state index contributed by atoms with van der Waals surface area (Å²) in [6.07, 6.45) is 8.52. The Bertz CT molecular complexity index is 551. The van der Waals surface area contributed by atoms with Crippen LogP contribution in [0.4, 0.5) is 0 Å². The SMILES string of the molecule is COCCOCOc1ccc(Br)c(C23CC4CC(CC(C4)C2)C3)c1. The fraction of sp³-hybridized carbons (Fsp3) is 0.700. The van der Waals surface area contributed by atoms with Crippen molar-refractivity contribution in [1.82, 2.24) is 0 Å². The van der Waals surface area contributed by atoms with Crippen molar-refractivity contribution >= 4 is 15.9 Å². The van der Waals surface area contributed by atoms with Gasteiger partial charge in [-0.15, -0.1) is 0 Å². The molecule has 0 atom stereocenters. The molecule has 0 N–H and O–H groups in total. The summed E-state index contributed by atoms with van der Waals surface area (Å²) in [7, 11) is 1.68. The van der Waals surface area contributed by atoms with Gasteiger partial charge in [0.15, 0.2) is 6.79 Å². The summed E-state index contributed by atoms with van der Waals surface area (Å²) in [5, 5.41) is 0. The van der Waals surface area contributed by atoms with Gasteiger partial charge in [0.25, 0.3) is 0 Å². The number of hydrogen-bond acceptors (Lipinski definition) is 3. The van der Waals surface area contributed by atoms with Crippen molar-refractivity contribution in [3.05, 3.63) is 28.2 Å². The molecule has 3 nitrogen and oxygen atoms in total. The van der Waals surface area contributed by atoms with Gasteiger partial charge < -0.3 is 14.2 Å². The maximum Gasteiger partial charge on any atom is 0.189 e. The van der Waals surface area contributed by atoms with E-state index in [0.29, 0.717) is 18.6 Å². The second-order valence-corrected chi connectivity index (χ2v) is 8.86. The number of methoxy groups -OCH3 is 1. The third-order valence-electron chi connectivity index (χ3n) is 6.29. The molecule has 4 saturated carbocycles. The summed E-state index contributed by atoms with van der Waals surface area (Å²) in [6, 6.07) is 6.45. The summed E-state index contributed by atoms with van der Waals surface area (Å²) in [5.41, 5.74) is 1.85. The fourth-order valence-electron chi connectivity index (χ4n) is 5.75. The van der Waals surface area contributed by atoms with Crippen LogP contribution in [0.15, 0.2) is 22.7 Å². The molecule has 4 aliphatic carbocycles. The molecule has 4 heteroatoms. The Morgan fingerprint density at radius 3 is 2.33 bits per heavy atom. The molecule has 0 heterocycles. The van der Waals surface area contributed by atoms with Crippen LogP contribution < -0.4 is 4.74 Å². The summed E-state index contributed by atoms with van der Waals surface area (Å²) >= 11 is 3.82. The molecule has 0 radical (unpaired) electrons. The Morgan fingerprint density at radius 2 is 1.71 bits per heavy atom. The van der Waals surface area contributed by atoms with E-state index in [1.807, 2.05) is 6.07 Å². The lowest BCUT2D eigenvalue weighted by molar-refractivity contribution is -0.0107. The first-order valence-corrected chi connectivity index (χ1v) is 9.97. The summed E-state index contributed by atoms with van der Waals surface area (Å²) in [4.78, 5) is 0. The molecule has 5 rings (SSSR count). The van der Waals surface area contributed by atoms with Crippen LogP contribution in [0.25, 0.3) is 0 Å². The zero-order chi connectivity index (χ0) is 16.6. The number of halogens is 1. The third-order valence-corrected chi connectivity index (χ3v) is 6.98. The zero-order valence-electron chi connectivity index (χ0n) is 14.4. The Hall–Kier alpha value is -0.580. The van der Waals surface area contributed by atoms with Crippen LogP contribution in [0.1, 0.15) is 44.1 Å². The first-order valence-electron chi connectivity index (χ1n) is 9.18. The highest BCUT2D eigenvalue weighted by atomic mass is 79.9. The molecule has 0 aromatic heterocycles. The standard InChI is InChI=1S/C20H27BrO3/c1-22-4-5-23-13-24-17-2-3-19(21)18(9-17)20-10-14-6-15(11-20)8-16(7-14)12-20/h2-3,9,14-16H,4-8,10-13H2,1H3. The van der Waals surface area contributed by atoms with Gasteiger partial charge in [0.2, 0.25) is 0 Å². The van der Waals surface area contributed by atoms with Crippen molar-refractivity contribution in [3.63, 3.8) is 0 Å². The van der Waals surface area contributed by atoms with Gasteiger partial charge in [-0.3, -0.25) is 0 Å². The molecule has 0 amide bonds. The van der Waals surface area contributed by atoms with Gasteiger partial charge in [-0.2, -0.15) is 0 Å². The molecule has 132 valence electrons. The lowest BCUT2D eigenvalue weighted by atomic mass is 9.48. The van der Waals surface area contributed by atoms with E-state index in [2.05, 4.69) is 28.1 Å². The summed E-state index contributed by atoms with van der Waals surface area (Å²) in [6.45, 7) is 1.45. The molecule has 4 aliphatic rings. The number of ether oxygens (including phenoxy) is 3. The first kappa shape index (κ1) is 16.9. The highest BCUT2D eigenvalue weighted by Crippen LogP contribution is 2.61. The van der Waals surface area contributed by atoms with E-state index < -0.39 is 0 Å². The molecule has 1 aromatic carbocycles. The first-order chi connectivity index (χ1) is 11.7. The van der Waals surface area contributed by atoms with E-state index in [1.165, 1.54) is 48.6 Å². The van der Waals surface area contributed by atoms with E-state index in [9.17, 15) is 0 Å². The Kier molecular flexibility index (Phi) is 4.90. The van der Waals surface area contributed by atoms with Gasteiger partial charge in [-0.1, -0.05) is 15.9 Å². The predicted octanol–water partition coefficient (Wildman–Crippen LogP) is 4.92. The van der Waals surface area contributed by atoms with Crippen LogP contribution in [0.2, 0.25) is 0 Å². The molecular weight excluding hydrogens is 368 g/mol. The molecule has 0 aliphatic heterocycles. The fourth-order valence-corrected chi connectivity index (χ4v) is 6.42. The molecule has 0 unspecified atom stereocenters. The molecule has 1 aromatic rings. The third kappa shape index (κ3) is 3.25. The van der Waals surface area contributed by atoms with Gasteiger partial charge in [-0.25, -0.2) is 0 Å². The lowest BCUT2D eigenvalue weighted by Gasteiger charge is -2.57. The van der Waals surface area contributed by atoms with Crippen molar-refractivity contribution < 1.29 is 14.2 Å². The van der Waals surface area contributed by atoms with E-state index in [-0.39, 0.29) is 6.79 Å². The maximum absolute atomic E-state index is 5.81. The van der Waals surface area contributed by atoms with Crippen molar-refractivity contribution in [1.29, 1.82) is 0 Å². The number of benzene rings is 1. The number of hydrogen-bond donors (Lipinski definition) is 0. The monoisotopic (exact) mass is 394 g/mol. The van der Waals surface area contributed by atoms with Gasteiger partial charge in [0.1, 0.15) is 5.75 Å². The van der Waals surface area contributed by atoms with Crippen LogP contribution in [0.3, 0.4) is 0 Å². The molecule has 0 spiro atoms. The van der Waals surface area contributed by atoms with E-state index in [4.69, 9.17) is 14.2 Å². The van der Waals surface area contributed by atoms with Crippen molar-refractivity contribution in [2.24, 2.45) is 17.8 Å². The minimum absolute atomic E-state index is 0.283. The highest BCUT2D eigenvalue weighted by molar-refractivity contribution is 9.10. The summed E-state index contributed by atoms with van der Waals surface area (Å²) in [5.74, 6) is 3.77. The predicted molar refractivity (Wildman–Crippen MR) is 97.3 cm³/mol. The van der Waals surface area contributed by atoms with Crippen molar-refractivity contribution in [2.75, 3.05) is 27.1 Å². The molecule has 24 heavy (non-hydrogen) atoms. The molecule has 0 saturated heterocycles. The van der Waals surface area contributed by atoms with Gasteiger partial charge >= 0.3 is 0 Å². The molecule has 4 bridgehead atoms. The zero-order valence-corrected chi connectivity index (χ0v) is 16.0. The van der Waals surface area contributed by atoms with E-state index in [1.54, 1.807) is 7.11 Å². The quantitative estimate of drug-likeness (QED) is 0.485. The maximum atomic E-state index is 5.81. The van der Waals surface area contributed by atoms with E-state index in [0.717, 1.165) is 23.5 Å². The van der Waals surface area contributed by atoms with Crippen molar-refractivity contribution in [3.8, 4) is 5.75 Å². The van der Waals surface area contributed by atoms with E-state index >= 15 is 0 Å². The van der Waals surface area contributed by atoms with Gasteiger partial charge in [0.05, 0.1) is 13.2 Å². The van der Waals surface area contributed by atoms with Crippen molar-refractivity contribution in [2.45, 2.75) is 43.9 Å². The average Bonchev–Trinajstić information content (AvgIpc) is 2.55. The van der Waals surface area contributed by atoms with Crippen LogP contribution in [-0.2, 0) is 14.9 Å². The number of rotatable bonds is 7. The second-order valence-electron chi connectivity index (χ2n) is 8.00. The molecule has 4 fully saturated rings. The largest absolute Gasteiger partial charge is 0.468 e. The second kappa shape index (κ2) is 6.97. The minimum atomic E-state index is 0.283. The molecular formula is C20H27BrO3. The Labute approximate surface area is 153 Å². The highest BCUT2D eigenvalue weighted by Gasteiger charge is 2.52. The normalized spacial score (nSPS) is 33.8. The van der Waals surface area contributed by atoms with Crippen LogP contribution in [0, 0.1) is 17.8 Å². The Balaban J connectivity index is 1.49. The van der Waals surface area contributed by atoms with Crippen LogP contribution >= 0.6 is 15.9 Å². The van der Waals surface area contributed by atoms with Gasteiger partial charge in [-0.05, 0) is 85.5 Å². The smallest absolute Gasteiger partial charge is 0.189 e.